The number of hydrogen-bond acceptors (Lipinski definition) is 4. The van der Waals surface area contributed by atoms with Crippen molar-refractivity contribution in [1.29, 1.82) is 0 Å². The van der Waals surface area contributed by atoms with Gasteiger partial charge in [-0.2, -0.15) is 0 Å². The minimum atomic E-state index is -3.09. The van der Waals surface area contributed by atoms with Crippen LogP contribution in [0, 0.1) is 0 Å². The lowest BCUT2D eigenvalue weighted by Gasteiger charge is -2.25. The van der Waals surface area contributed by atoms with Crippen LogP contribution in [0.4, 0.5) is 0 Å². The van der Waals surface area contributed by atoms with Gasteiger partial charge in [-0.15, -0.1) is 0 Å². The highest BCUT2D eigenvalue weighted by Crippen LogP contribution is 2.33. The van der Waals surface area contributed by atoms with E-state index in [1.807, 2.05) is 12.1 Å². The first-order valence-electron chi connectivity index (χ1n) is 8.20. The lowest BCUT2D eigenvalue weighted by molar-refractivity contribution is 0.0734. The summed E-state index contributed by atoms with van der Waals surface area (Å²) >= 11 is 5.90. The van der Waals surface area contributed by atoms with E-state index in [0.717, 1.165) is 18.4 Å². The molecule has 2 aromatic rings. The van der Waals surface area contributed by atoms with Crippen LogP contribution in [0.2, 0.25) is 5.02 Å². The average Bonchev–Trinajstić information content (AvgIpc) is 3.05. The summed E-state index contributed by atoms with van der Waals surface area (Å²) in [7, 11) is -3.09. The van der Waals surface area contributed by atoms with Gasteiger partial charge in [-0.1, -0.05) is 35.9 Å². The molecule has 1 aliphatic rings. The number of nitrogens with zero attached hydrogens (tertiary/aromatic N) is 1. The van der Waals surface area contributed by atoms with Crippen molar-refractivity contribution in [2.24, 2.45) is 0 Å². The zero-order valence-corrected chi connectivity index (χ0v) is 15.8. The van der Waals surface area contributed by atoms with Crippen LogP contribution in [-0.2, 0) is 15.6 Å². The Bertz CT molecular complexity index is 983. The molecule has 1 aromatic carbocycles. The average molecular weight is 395 g/mol. The van der Waals surface area contributed by atoms with Gasteiger partial charge in [0, 0.05) is 19.0 Å². The number of nitrogens with one attached hydrogen (secondary N) is 1. The molecular weight excluding hydrogens is 376 g/mol. The minimum Gasteiger partial charge on any atom is -0.331 e. The van der Waals surface area contributed by atoms with Crippen molar-refractivity contribution in [3.8, 4) is 0 Å². The summed E-state index contributed by atoms with van der Waals surface area (Å²) in [6, 6.07) is 8.46. The van der Waals surface area contributed by atoms with Crippen molar-refractivity contribution < 1.29 is 13.2 Å². The summed E-state index contributed by atoms with van der Waals surface area (Å²) in [5.41, 5.74) is 1.19. The number of aromatic amines is 1. The molecule has 2 heterocycles. The zero-order chi connectivity index (χ0) is 18.9. The Morgan fingerprint density at radius 3 is 2.65 bits per heavy atom. The van der Waals surface area contributed by atoms with Crippen LogP contribution >= 0.6 is 11.6 Å². The molecule has 1 aromatic heterocycles. The van der Waals surface area contributed by atoms with Crippen molar-refractivity contribution >= 4 is 27.3 Å². The fourth-order valence-corrected chi connectivity index (χ4v) is 4.23. The first-order chi connectivity index (χ1) is 12.2. The molecule has 1 N–H and O–H groups in total. The van der Waals surface area contributed by atoms with Crippen LogP contribution in [0.5, 0.6) is 0 Å². The first kappa shape index (κ1) is 18.7. The number of pyridine rings is 1. The molecule has 3 rings (SSSR count). The number of H-pyrrole nitrogens is 1. The smallest absolute Gasteiger partial charge is 0.260 e. The molecule has 0 unspecified atom stereocenters. The number of hydrogen-bond donors (Lipinski definition) is 1. The fourth-order valence-electron chi connectivity index (χ4n) is 3.27. The van der Waals surface area contributed by atoms with Crippen LogP contribution in [0.25, 0.3) is 0 Å². The standard InChI is InChI=1S/C18H19ClN2O4S/c1-26(24,25)11-12-4-6-13(7-5-12)16-3-2-8-21(16)18(23)15-9-14(19)10-20-17(15)22/h4-7,9-10,16H,2-3,8,11H2,1H3,(H,20,22)/t16-/m1/s1. The summed E-state index contributed by atoms with van der Waals surface area (Å²) in [6.45, 7) is 0.556. The van der Waals surface area contributed by atoms with Gasteiger partial charge in [0.15, 0.2) is 9.84 Å². The maximum atomic E-state index is 12.8. The third kappa shape index (κ3) is 4.16. The number of aromatic nitrogens is 1. The highest BCUT2D eigenvalue weighted by Gasteiger charge is 2.31. The Labute approximate surface area is 156 Å². The van der Waals surface area contributed by atoms with Gasteiger partial charge in [0.25, 0.3) is 11.5 Å². The number of benzene rings is 1. The molecule has 0 aliphatic carbocycles. The highest BCUT2D eigenvalue weighted by molar-refractivity contribution is 7.89. The third-order valence-electron chi connectivity index (χ3n) is 4.41. The van der Waals surface area contributed by atoms with Gasteiger partial charge in [0.1, 0.15) is 5.56 Å². The number of halogens is 1. The third-order valence-corrected chi connectivity index (χ3v) is 5.48. The summed E-state index contributed by atoms with van der Waals surface area (Å²) in [6.07, 6.45) is 4.17. The molecule has 138 valence electrons. The summed E-state index contributed by atoms with van der Waals surface area (Å²) in [4.78, 5) is 28.9. The molecule has 0 radical (unpaired) electrons. The van der Waals surface area contributed by atoms with Crippen LogP contribution < -0.4 is 5.56 Å². The quantitative estimate of drug-likeness (QED) is 0.863. The van der Waals surface area contributed by atoms with E-state index in [1.54, 1.807) is 17.0 Å². The van der Waals surface area contributed by atoms with Crippen LogP contribution in [0.15, 0.2) is 41.3 Å². The van der Waals surface area contributed by atoms with E-state index < -0.39 is 15.4 Å². The number of likely N-dealkylation sites (tertiary alicyclic amines) is 1. The Kier molecular flexibility index (Phi) is 5.20. The van der Waals surface area contributed by atoms with E-state index in [4.69, 9.17) is 11.6 Å². The number of sulfone groups is 1. The van der Waals surface area contributed by atoms with Crippen LogP contribution in [-0.4, -0.2) is 37.0 Å². The Balaban J connectivity index is 1.85. The molecule has 1 saturated heterocycles. The molecule has 26 heavy (non-hydrogen) atoms. The molecule has 8 heteroatoms. The van der Waals surface area contributed by atoms with Crippen LogP contribution in [0.3, 0.4) is 0 Å². The van der Waals surface area contributed by atoms with E-state index in [2.05, 4.69) is 4.98 Å². The molecule has 1 fully saturated rings. The molecular formula is C18H19ClN2O4S. The molecule has 0 bridgehead atoms. The second-order valence-corrected chi connectivity index (χ2v) is 9.11. The van der Waals surface area contributed by atoms with Gasteiger partial charge in [0.2, 0.25) is 0 Å². The van der Waals surface area contributed by atoms with E-state index in [1.165, 1.54) is 18.5 Å². The lowest BCUT2D eigenvalue weighted by Crippen LogP contribution is -2.34. The Hall–Kier alpha value is -2.12. The molecule has 0 saturated carbocycles. The predicted octanol–water partition coefficient (Wildman–Crippen LogP) is 2.55. The van der Waals surface area contributed by atoms with Crippen LogP contribution in [0.1, 0.15) is 40.4 Å². The zero-order valence-electron chi connectivity index (χ0n) is 14.2. The topological polar surface area (TPSA) is 87.3 Å². The Morgan fingerprint density at radius 2 is 2.00 bits per heavy atom. The molecule has 0 spiro atoms. The number of carbonyl (C=O) groups excluding carboxylic acids is 1. The molecule has 1 aliphatic heterocycles. The number of rotatable bonds is 4. The summed E-state index contributed by atoms with van der Waals surface area (Å²) < 4.78 is 22.8. The second-order valence-electron chi connectivity index (χ2n) is 6.53. The maximum Gasteiger partial charge on any atom is 0.260 e. The van der Waals surface area contributed by atoms with Crippen molar-refractivity contribution in [2.45, 2.75) is 24.6 Å². The van der Waals surface area contributed by atoms with E-state index in [-0.39, 0.29) is 23.3 Å². The van der Waals surface area contributed by atoms with Gasteiger partial charge >= 0.3 is 0 Å². The van der Waals surface area contributed by atoms with E-state index >= 15 is 0 Å². The normalized spacial score (nSPS) is 17.5. The number of amides is 1. The summed E-state index contributed by atoms with van der Waals surface area (Å²) in [5.74, 6) is -0.366. The highest BCUT2D eigenvalue weighted by atomic mass is 35.5. The first-order valence-corrected chi connectivity index (χ1v) is 10.6. The van der Waals surface area contributed by atoms with Crippen molar-refractivity contribution in [2.75, 3.05) is 12.8 Å². The minimum absolute atomic E-state index is 0.0154. The lowest BCUT2D eigenvalue weighted by atomic mass is 10.0. The van der Waals surface area contributed by atoms with Gasteiger partial charge in [-0.05, 0) is 30.0 Å². The van der Waals surface area contributed by atoms with Gasteiger partial charge in [0.05, 0.1) is 16.8 Å². The van der Waals surface area contributed by atoms with E-state index in [0.29, 0.717) is 17.1 Å². The van der Waals surface area contributed by atoms with Gasteiger partial charge in [-0.3, -0.25) is 9.59 Å². The SMILES string of the molecule is CS(=O)(=O)Cc1ccc([C@H]2CCCN2C(=O)c2cc(Cl)c[nH]c2=O)cc1. The predicted molar refractivity (Wildman–Crippen MR) is 100 cm³/mol. The maximum absolute atomic E-state index is 12.8. The largest absolute Gasteiger partial charge is 0.331 e. The van der Waals surface area contributed by atoms with Gasteiger partial charge in [-0.25, -0.2) is 8.42 Å². The second kappa shape index (κ2) is 7.25. The van der Waals surface area contributed by atoms with Crippen molar-refractivity contribution in [3.05, 3.63) is 68.6 Å². The monoisotopic (exact) mass is 394 g/mol. The van der Waals surface area contributed by atoms with Crippen molar-refractivity contribution in [1.82, 2.24) is 9.88 Å². The molecule has 1 amide bonds. The molecule has 6 nitrogen and oxygen atoms in total. The van der Waals surface area contributed by atoms with Gasteiger partial charge < -0.3 is 9.88 Å². The van der Waals surface area contributed by atoms with E-state index in [9.17, 15) is 18.0 Å². The molecule has 1 atom stereocenters. The Morgan fingerprint density at radius 1 is 1.31 bits per heavy atom. The van der Waals surface area contributed by atoms with Crippen molar-refractivity contribution in [3.63, 3.8) is 0 Å². The summed E-state index contributed by atoms with van der Waals surface area (Å²) in [5, 5.41) is 0.300. The number of carbonyl (C=O) groups is 1. The fraction of sp³-hybridized carbons (Fsp3) is 0.333.